The number of aryl methyl sites for hydroxylation is 1. The molecule has 0 N–H and O–H groups in total. The summed E-state index contributed by atoms with van der Waals surface area (Å²) in [4.78, 5) is 21.1. The first kappa shape index (κ1) is 17.6. The molecule has 3 rings (SSSR count). The number of carbonyl (C=O) groups excluding carboxylic acids is 1. The summed E-state index contributed by atoms with van der Waals surface area (Å²) in [7, 11) is 3.69. The van der Waals surface area contributed by atoms with E-state index in [1.54, 1.807) is 17.1 Å². The van der Waals surface area contributed by atoms with Gasteiger partial charge in [-0.25, -0.2) is 0 Å². The smallest absolute Gasteiger partial charge is 0.257 e. The second-order valence-corrected chi connectivity index (χ2v) is 7.03. The maximum atomic E-state index is 12.5. The topological polar surface area (TPSA) is 80.3 Å². The first-order valence-corrected chi connectivity index (χ1v) is 8.74. The van der Waals surface area contributed by atoms with E-state index < -0.39 is 0 Å². The Hall–Kier alpha value is -2.22. The van der Waals surface area contributed by atoms with Crippen LogP contribution in [0.1, 0.15) is 54.7 Å². The van der Waals surface area contributed by atoms with Gasteiger partial charge in [0, 0.05) is 45.3 Å². The summed E-state index contributed by atoms with van der Waals surface area (Å²) >= 11 is 0. The van der Waals surface area contributed by atoms with Gasteiger partial charge < -0.3 is 9.42 Å². The van der Waals surface area contributed by atoms with E-state index in [1.807, 2.05) is 19.0 Å². The number of piperidine rings is 1. The van der Waals surface area contributed by atoms with Crippen LogP contribution in [-0.2, 0) is 13.6 Å². The lowest BCUT2D eigenvalue weighted by Gasteiger charge is -2.36. The van der Waals surface area contributed by atoms with Gasteiger partial charge in [-0.05, 0) is 12.8 Å². The predicted molar refractivity (Wildman–Crippen MR) is 92.0 cm³/mol. The lowest BCUT2D eigenvalue weighted by Crippen LogP contribution is -2.45. The Morgan fingerprint density at radius 3 is 2.68 bits per heavy atom. The van der Waals surface area contributed by atoms with E-state index in [1.165, 1.54) is 0 Å². The molecule has 1 amide bonds. The third-order valence-electron chi connectivity index (χ3n) is 4.74. The quantitative estimate of drug-likeness (QED) is 0.819. The van der Waals surface area contributed by atoms with Crippen LogP contribution in [-0.4, -0.2) is 61.8 Å². The van der Waals surface area contributed by atoms with Crippen molar-refractivity contribution in [3.63, 3.8) is 0 Å². The van der Waals surface area contributed by atoms with Crippen molar-refractivity contribution in [1.29, 1.82) is 0 Å². The average Bonchev–Trinajstić information content (AvgIpc) is 3.23. The van der Waals surface area contributed by atoms with Crippen molar-refractivity contribution in [3.05, 3.63) is 29.7 Å². The fraction of sp³-hybridized carbons (Fsp3) is 0.647. The molecule has 1 fully saturated rings. The number of rotatable bonds is 5. The standard InChI is InChI=1S/C17H26N6O2/c1-12(2)16-19-15(25-20-16)11-23-7-5-14(6-8-23)22(4)17(24)13-9-18-21(3)10-13/h9-10,12,14H,5-8,11H2,1-4H3. The van der Waals surface area contributed by atoms with Gasteiger partial charge in [-0.3, -0.25) is 14.4 Å². The van der Waals surface area contributed by atoms with E-state index in [0.717, 1.165) is 31.8 Å². The van der Waals surface area contributed by atoms with E-state index in [9.17, 15) is 4.79 Å². The molecule has 25 heavy (non-hydrogen) atoms. The summed E-state index contributed by atoms with van der Waals surface area (Å²) in [5.41, 5.74) is 0.638. The van der Waals surface area contributed by atoms with Crippen molar-refractivity contribution in [1.82, 2.24) is 29.7 Å². The first-order chi connectivity index (χ1) is 11.9. The Morgan fingerprint density at radius 2 is 2.12 bits per heavy atom. The highest BCUT2D eigenvalue weighted by Crippen LogP contribution is 2.19. The summed E-state index contributed by atoms with van der Waals surface area (Å²) in [6, 6.07) is 0.248. The second kappa shape index (κ2) is 7.35. The number of nitrogens with zero attached hydrogens (tertiary/aromatic N) is 6. The van der Waals surface area contributed by atoms with Crippen LogP contribution in [0.15, 0.2) is 16.9 Å². The van der Waals surface area contributed by atoms with E-state index in [4.69, 9.17) is 4.52 Å². The summed E-state index contributed by atoms with van der Waals surface area (Å²) in [5, 5.41) is 8.09. The van der Waals surface area contributed by atoms with Crippen LogP contribution >= 0.6 is 0 Å². The van der Waals surface area contributed by atoms with E-state index >= 15 is 0 Å². The molecule has 1 aliphatic heterocycles. The number of likely N-dealkylation sites (tertiary alicyclic amines) is 1. The normalized spacial score (nSPS) is 16.5. The summed E-state index contributed by atoms with van der Waals surface area (Å²) in [5.74, 6) is 1.73. The molecule has 8 nitrogen and oxygen atoms in total. The van der Waals surface area contributed by atoms with Gasteiger partial charge in [0.1, 0.15) is 0 Å². The number of hydrogen-bond acceptors (Lipinski definition) is 6. The Balaban J connectivity index is 1.51. The largest absolute Gasteiger partial charge is 0.339 e. The minimum Gasteiger partial charge on any atom is -0.339 e. The summed E-state index contributed by atoms with van der Waals surface area (Å²) in [6.07, 6.45) is 5.26. The molecule has 0 radical (unpaired) electrons. The number of aromatic nitrogens is 4. The zero-order chi connectivity index (χ0) is 18.0. The molecule has 0 aromatic carbocycles. The van der Waals surface area contributed by atoms with Gasteiger partial charge in [0.05, 0.1) is 18.3 Å². The van der Waals surface area contributed by atoms with Crippen LogP contribution in [0.5, 0.6) is 0 Å². The highest BCUT2D eigenvalue weighted by molar-refractivity contribution is 5.93. The maximum absolute atomic E-state index is 12.5. The molecule has 1 saturated heterocycles. The Morgan fingerprint density at radius 1 is 1.40 bits per heavy atom. The van der Waals surface area contributed by atoms with Crippen LogP contribution < -0.4 is 0 Å². The molecule has 136 valence electrons. The highest BCUT2D eigenvalue weighted by Gasteiger charge is 2.27. The van der Waals surface area contributed by atoms with Gasteiger partial charge in [-0.1, -0.05) is 19.0 Å². The van der Waals surface area contributed by atoms with Crippen molar-refractivity contribution in [2.24, 2.45) is 7.05 Å². The van der Waals surface area contributed by atoms with E-state index in [2.05, 4.69) is 34.0 Å². The van der Waals surface area contributed by atoms with Gasteiger partial charge in [0.25, 0.3) is 5.91 Å². The van der Waals surface area contributed by atoms with Crippen LogP contribution in [0.25, 0.3) is 0 Å². The molecule has 3 heterocycles. The van der Waals surface area contributed by atoms with Gasteiger partial charge in [0.15, 0.2) is 5.82 Å². The molecule has 0 bridgehead atoms. The Kier molecular flexibility index (Phi) is 5.17. The molecule has 2 aromatic rings. The monoisotopic (exact) mass is 346 g/mol. The molecule has 8 heteroatoms. The Labute approximate surface area is 147 Å². The predicted octanol–water partition coefficient (Wildman–Crippen LogP) is 1.66. The Bertz CT molecular complexity index is 714. The van der Waals surface area contributed by atoms with Gasteiger partial charge in [0.2, 0.25) is 5.89 Å². The second-order valence-electron chi connectivity index (χ2n) is 7.03. The molecule has 0 unspecified atom stereocenters. The van der Waals surface area contributed by atoms with Crippen LogP contribution in [0.2, 0.25) is 0 Å². The molecule has 2 aromatic heterocycles. The minimum atomic E-state index is 0.0324. The number of hydrogen-bond donors (Lipinski definition) is 0. The van der Waals surface area contributed by atoms with Gasteiger partial charge in [-0.2, -0.15) is 10.1 Å². The summed E-state index contributed by atoms with van der Waals surface area (Å²) < 4.78 is 6.98. The zero-order valence-electron chi connectivity index (χ0n) is 15.3. The fourth-order valence-corrected chi connectivity index (χ4v) is 3.12. The van der Waals surface area contributed by atoms with Gasteiger partial charge in [-0.15, -0.1) is 0 Å². The van der Waals surface area contributed by atoms with Crippen molar-refractivity contribution in [2.45, 2.75) is 45.2 Å². The first-order valence-electron chi connectivity index (χ1n) is 8.74. The van der Waals surface area contributed by atoms with Gasteiger partial charge >= 0.3 is 0 Å². The molecular weight excluding hydrogens is 320 g/mol. The lowest BCUT2D eigenvalue weighted by molar-refractivity contribution is 0.0626. The van der Waals surface area contributed by atoms with Crippen LogP contribution in [0.3, 0.4) is 0 Å². The van der Waals surface area contributed by atoms with Crippen molar-refractivity contribution < 1.29 is 9.32 Å². The molecular formula is C17H26N6O2. The fourth-order valence-electron chi connectivity index (χ4n) is 3.12. The summed E-state index contributed by atoms with van der Waals surface area (Å²) in [6.45, 7) is 6.60. The average molecular weight is 346 g/mol. The molecule has 0 spiro atoms. The molecule has 0 aliphatic carbocycles. The molecule has 0 atom stereocenters. The third-order valence-corrected chi connectivity index (χ3v) is 4.74. The zero-order valence-corrected chi connectivity index (χ0v) is 15.3. The van der Waals surface area contributed by atoms with Crippen molar-refractivity contribution >= 4 is 5.91 Å². The van der Waals surface area contributed by atoms with Crippen LogP contribution in [0.4, 0.5) is 0 Å². The van der Waals surface area contributed by atoms with Crippen molar-refractivity contribution in [2.75, 3.05) is 20.1 Å². The molecule has 1 aliphatic rings. The SMILES string of the molecule is CC(C)c1noc(CN2CCC(N(C)C(=O)c3cnn(C)c3)CC2)n1. The highest BCUT2D eigenvalue weighted by atomic mass is 16.5. The number of amides is 1. The van der Waals surface area contributed by atoms with Crippen molar-refractivity contribution in [3.8, 4) is 0 Å². The third kappa shape index (κ3) is 4.07. The maximum Gasteiger partial charge on any atom is 0.257 e. The minimum absolute atomic E-state index is 0.0324. The van der Waals surface area contributed by atoms with E-state index in [-0.39, 0.29) is 17.9 Å². The lowest BCUT2D eigenvalue weighted by atomic mass is 10.0. The van der Waals surface area contributed by atoms with Crippen LogP contribution in [0, 0.1) is 0 Å². The molecule has 0 saturated carbocycles. The number of carbonyl (C=O) groups is 1. The van der Waals surface area contributed by atoms with E-state index in [0.29, 0.717) is 18.0 Å².